The highest BCUT2D eigenvalue weighted by molar-refractivity contribution is 5.95. The van der Waals surface area contributed by atoms with Crippen molar-refractivity contribution in [1.82, 2.24) is 9.88 Å². The second-order valence-corrected chi connectivity index (χ2v) is 10.6. The van der Waals surface area contributed by atoms with Crippen LogP contribution in [0.25, 0.3) is 10.9 Å². The van der Waals surface area contributed by atoms with E-state index in [1.807, 2.05) is 18.2 Å². The van der Waals surface area contributed by atoms with Crippen LogP contribution < -0.4 is 14.8 Å². The number of ether oxygens (including phenoxy) is 2. The summed E-state index contributed by atoms with van der Waals surface area (Å²) in [4.78, 5) is 24.8. The zero-order chi connectivity index (χ0) is 24.1. The Labute approximate surface area is 200 Å². The molecule has 1 amide bonds. The lowest BCUT2D eigenvalue weighted by Crippen LogP contribution is -2.26. The molecule has 1 aromatic heterocycles. The predicted molar refractivity (Wildman–Crippen MR) is 132 cm³/mol. The normalized spacial score (nSPS) is 16.0. The zero-order valence-electron chi connectivity index (χ0n) is 20.4. The second kappa shape index (κ2) is 8.19. The van der Waals surface area contributed by atoms with Gasteiger partial charge in [-0.3, -0.25) is 9.59 Å². The van der Waals surface area contributed by atoms with E-state index >= 15 is 0 Å². The lowest BCUT2D eigenvalue weighted by Gasteiger charge is -2.22. The Bertz CT molecular complexity index is 1280. The van der Waals surface area contributed by atoms with Gasteiger partial charge in [0.1, 0.15) is 5.78 Å². The summed E-state index contributed by atoms with van der Waals surface area (Å²) in [7, 11) is 0. The molecule has 1 fully saturated rings. The summed E-state index contributed by atoms with van der Waals surface area (Å²) >= 11 is 0. The number of benzene rings is 2. The van der Waals surface area contributed by atoms with Gasteiger partial charge in [-0.15, -0.1) is 0 Å². The van der Waals surface area contributed by atoms with E-state index in [0.717, 1.165) is 46.4 Å². The maximum Gasteiger partial charge on any atom is 0.231 e. The van der Waals surface area contributed by atoms with Gasteiger partial charge in [-0.1, -0.05) is 32.9 Å². The topological polar surface area (TPSA) is 69.6 Å². The molecule has 5 rings (SSSR count). The highest BCUT2D eigenvalue weighted by atomic mass is 16.7. The SMILES string of the molecule is CC(=O)NCCn1c(C(C)(C)C)cc2cc(CC(=O)C3(c4ccc5c(c4)OCO5)CC3)ccc21. The minimum Gasteiger partial charge on any atom is -0.454 e. The van der Waals surface area contributed by atoms with E-state index in [2.05, 4.69) is 54.9 Å². The molecular weight excluding hydrogens is 428 g/mol. The summed E-state index contributed by atoms with van der Waals surface area (Å²) in [5, 5.41) is 4.03. The number of aromatic nitrogens is 1. The monoisotopic (exact) mass is 460 g/mol. The number of fused-ring (bicyclic) bond motifs is 2. The van der Waals surface area contributed by atoms with Crippen LogP contribution in [0.15, 0.2) is 42.5 Å². The van der Waals surface area contributed by atoms with Gasteiger partial charge in [0.25, 0.3) is 0 Å². The van der Waals surface area contributed by atoms with E-state index in [0.29, 0.717) is 19.5 Å². The number of hydrogen-bond donors (Lipinski definition) is 1. The van der Waals surface area contributed by atoms with Crippen molar-refractivity contribution < 1.29 is 19.1 Å². The predicted octanol–water partition coefficient (Wildman–Crippen LogP) is 4.65. The van der Waals surface area contributed by atoms with Gasteiger partial charge in [-0.2, -0.15) is 0 Å². The fourth-order valence-corrected chi connectivity index (χ4v) is 5.04. The van der Waals surface area contributed by atoms with Crippen LogP contribution in [0.4, 0.5) is 0 Å². The first-order valence-electron chi connectivity index (χ1n) is 12.0. The van der Waals surface area contributed by atoms with E-state index in [9.17, 15) is 9.59 Å². The van der Waals surface area contributed by atoms with Crippen LogP contribution in [-0.2, 0) is 33.4 Å². The molecular formula is C28H32N2O4. The van der Waals surface area contributed by atoms with Crippen LogP contribution in [0, 0.1) is 0 Å². The van der Waals surface area contributed by atoms with E-state index in [4.69, 9.17) is 9.47 Å². The number of amides is 1. The Kier molecular flexibility index (Phi) is 5.42. The second-order valence-electron chi connectivity index (χ2n) is 10.6. The lowest BCUT2D eigenvalue weighted by atomic mass is 9.87. The minimum atomic E-state index is -0.406. The average molecular weight is 461 g/mol. The van der Waals surface area contributed by atoms with Gasteiger partial charge in [0.05, 0.1) is 5.41 Å². The molecule has 1 aliphatic carbocycles. The average Bonchev–Trinajstić information content (AvgIpc) is 3.31. The molecule has 0 radical (unpaired) electrons. The number of carbonyl (C=O) groups excluding carboxylic acids is 2. The Hall–Kier alpha value is -3.28. The first-order chi connectivity index (χ1) is 16.2. The summed E-state index contributed by atoms with van der Waals surface area (Å²) in [6.07, 6.45) is 2.16. The number of nitrogens with zero attached hydrogens (tertiary/aromatic N) is 1. The molecule has 6 nitrogen and oxygen atoms in total. The molecule has 178 valence electrons. The summed E-state index contributed by atoms with van der Waals surface area (Å²) in [5.41, 5.74) is 3.96. The van der Waals surface area contributed by atoms with Crippen molar-refractivity contribution in [2.75, 3.05) is 13.3 Å². The summed E-state index contributed by atoms with van der Waals surface area (Å²) in [6.45, 7) is 9.66. The van der Waals surface area contributed by atoms with Crippen molar-refractivity contribution in [3.8, 4) is 11.5 Å². The number of hydrogen-bond acceptors (Lipinski definition) is 4. The molecule has 1 N–H and O–H groups in total. The molecule has 2 aliphatic rings. The molecule has 2 aromatic carbocycles. The third-order valence-electron chi connectivity index (χ3n) is 7.02. The third kappa shape index (κ3) is 4.06. The van der Waals surface area contributed by atoms with Crippen LogP contribution in [0.2, 0.25) is 0 Å². The van der Waals surface area contributed by atoms with Gasteiger partial charge in [0.15, 0.2) is 11.5 Å². The fourth-order valence-electron chi connectivity index (χ4n) is 5.04. The van der Waals surface area contributed by atoms with Crippen LogP contribution in [-0.4, -0.2) is 29.6 Å². The van der Waals surface area contributed by atoms with Crippen molar-refractivity contribution in [2.45, 2.75) is 64.3 Å². The van der Waals surface area contributed by atoms with Crippen LogP contribution in [0.5, 0.6) is 11.5 Å². The molecule has 0 saturated heterocycles. The van der Waals surface area contributed by atoms with E-state index in [1.165, 1.54) is 12.6 Å². The van der Waals surface area contributed by atoms with Crippen LogP contribution in [0.3, 0.4) is 0 Å². The first kappa shape index (κ1) is 22.5. The molecule has 34 heavy (non-hydrogen) atoms. The maximum absolute atomic E-state index is 13.5. The van der Waals surface area contributed by atoms with Gasteiger partial charge in [0.2, 0.25) is 12.7 Å². The lowest BCUT2D eigenvalue weighted by molar-refractivity contribution is -0.121. The highest BCUT2D eigenvalue weighted by Gasteiger charge is 2.50. The molecule has 6 heteroatoms. The number of rotatable bonds is 7. The van der Waals surface area contributed by atoms with Crippen molar-refractivity contribution in [3.05, 3.63) is 59.3 Å². The van der Waals surface area contributed by atoms with Gasteiger partial charge in [-0.05, 0) is 54.3 Å². The standard InChI is InChI=1S/C28H32N2O4/c1-18(31)29-11-12-30-22-7-5-19(13-20(22)15-25(30)27(2,3)4)14-26(32)28(9-10-28)21-6-8-23-24(16-21)34-17-33-23/h5-8,13,15-16H,9-12,14,17H2,1-4H3,(H,29,31). The molecule has 0 bridgehead atoms. The van der Waals surface area contributed by atoms with Crippen LogP contribution >= 0.6 is 0 Å². The van der Waals surface area contributed by atoms with Gasteiger partial charge in [-0.25, -0.2) is 0 Å². The number of ketones is 1. The minimum absolute atomic E-state index is 0.0222. The number of Topliss-reactive ketones (excluding diaryl/α,β-unsaturated/α-hetero) is 1. The van der Waals surface area contributed by atoms with Crippen LogP contribution in [0.1, 0.15) is 57.4 Å². The van der Waals surface area contributed by atoms with Gasteiger partial charge >= 0.3 is 0 Å². The smallest absolute Gasteiger partial charge is 0.231 e. The first-order valence-corrected chi connectivity index (χ1v) is 12.0. The van der Waals surface area contributed by atoms with Crippen molar-refractivity contribution >= 4 is 22.6 Å². The Morgan fingerprint density at radius 2 is 1.79 bits per heavy atom. The molecule has 0 spiro atoms. The van der Waals surface area contributed by atoms with Gasteiger partial charge in [0, 0.05) is 48.4 Å². The Balaban J connectivity index is 1.40. The summed E-state index contributed by atoms with van der Waals surface area (Å²) < 4.78 is 13.2. The molecule has 3 aromatic rings. The third-order valence-corrected chi connectivity index (χ3v) is 7.02. The van der Waals surface area contributed by atoms with E-state index in [1.54, 1.807) is 0 Å². The fraction of sp³-hybridized carbons (Fsp3) is 0.429. The molecule has 2 heterocycles. The Morgan fingerprint density at radius 1 is 1.03 bits per heavy atom. The highest BCUT2D eigenvalue weighted by Crippen LogP contribution is 2.51. The molecule has 0 unspecified atom stereocenters. The van der Waals surface area contributed by atoms with Crippen molar-refractivity contribution in [1.29, 1.82) is 0 Å². The zero-order valence-corrected chi connectivity index (χ0v) is 20.4. The summed E-state index contributed by atoms with van der Waals surface area (Å²) in [5.74, 6) is 1.71. The quantitative estimate of drug-likeness (QED) is 0.557. The van der Waals surface area contributed by atoms with Crippen molar-refractivity contribution in [3.63, 3.8) is 0 Å². The van der Waals surface area contributed by atoms with Gasteiger partial charge < -0.3 is 19.4 Å². The molecule has 1 saturated carbocycles. The number of carbonyl (C=O) groups is 2. The largest absolute Gasteiger partial charge is 0.454 e. The van der Waals surface area contributed by atoms with E-state index < -0.39 is 5.41 Å². The number of nitrogens with one attached hydrogen (secondary N) is 1. The maximum atomic E-state index is 13.5. The molecule has 1 aliphatic heterocycles. The molecule has 0 atom stereocenters. The summed E-state index contributed by atoms with van der Waals surface area (Å²) in [6, 6.07) is 14.4. The van der Waals surface area contributed by atoms with Crippen molar-refractivity contribution in [2.24, 2.45) is 0 Å². The Morgan fingerprint density at radius 3 is 2.50 bits per heavy atom. The van der Waals surface area contributed by atoms with E-state index in [-0.39, 0.29) is 23.9 Å².